The van der Waals surface area contributed by atoms with Gasteiger partial charge in [-0.2, -0.15) is 0 Å². The van der Waals surface area contributed by atoms with Crippen LogP contribution in [0.15, 0.2) is 22.3 Å². The summed E-state index contributed by atoms with van der Waals surface area (Å²) >= 11 is 0. The van der Waals surface area contributed by atoms with Crippen LogP contribution in [0.1, 0.15) is 48.0 Å². The van der Waals surface area contributed by atoms with E-state index in [1.54, 1.807) is 11.1 Å². The van der Waals surface area contributed by atoms with Crippen LogP contribution in [0.3, 0.4) is 0 Å². The molecular weight excluding hydrogens is 222 g/mol. The summed E-state index contributed by atoms with van der Waals surface area (Å²) in [5.74, 6) is 0. The highest BCUT2D eigenvalue weighted by molar-refractivity contribution is 6.79. The van der Waals surface area contributed by atoms with Gasteiger partial charge in [-0.3, -0.25) is 0 Å². The Labute approximate surface area is 108 Å². The van der Waals surface area contributed by atoms with Gasteiger partial charge >= 0.3 is 0 Å². The molecule has 1 aliphatic carbocycles. The highest BCUT2D eigenvalue weighted by Gasteiger charge is 2.40. The van der Waals surface area contributed by atoms with Crippen molar-refractivity contribution in [1.82, 2.24) is 4.98 Å². The fourth-order valence-corrected chi connectivity index (χ4v) is 7.17. The average Bonchev–Trinajstić information content (AvgIpc) is 2.51. The van der Waals surface area contributed by atoms with Gasteiger partial charge in [0.2, 0.25) is 0 Å². The maximum atomic E-state index is 3.91. The SMILES string of the molecule is CCCN[Si](C)(CC)C1C(C)=C(C)C(C)=C1C. The Balaban J connectivity index is 3.06. The predicted octanol–water partition coefficient (Wildman–Crippen LogP) is 4.64. The van der Waals surface area contributed by atoms with E-state index in [1.165, 1.54) is 30.2 Å². The molecule has 0 heterocycles. The summed E-state index contributed by atoms with van der Waals surface area (Å²) in [6.07, 6.45) is 1.23. The maximum Gasteiger partial charge on any atom is 0.133 e. The monoisotopic (exact) mass is 251 g/mol. The molecule has 0 spiro atoms. The summed E-state index contributed by atoms with van der Waals surface area (Å²) in [6.45, 7) is 17.6. The molecule has 0 aromatic heterocycles. The molecule has 0 aliphatic heterocycles. The summed E-state index contributed by atoms with van der Waals surface area (Å²) in [5, 5.41) is 0. The minimum absolute atomic E-state index is 0.721. The van der Waals surface area contributed by atoms with Crippen molar-refractivity contribution in [2.45, 2.75) is 66.1 Å². The van der Waals surface area contributed by atoms with Crippen LogP contribution in [0.25, 0.3) is 0 Å². The summed E-state index contributed by atoms with van der Waals surface area (Å²) in [6, 6.07) is 1.31. The van der Waals surface area contributed by atoms with E-state index >= 15 is 0 Å². The van der Waals surface area contributed by atoms with Crippen molar-refractivity contribution >= 4 is 8.24 Å². The standard InChI is InChI=1S/C15H29NSi/c1-8-10-16-17(7,9-2)15-13(5)11(3)12(4)14(15)6/h15-16H,8-10H2,1-7H3. The van der Waals surface area contributed by atoms with E-state index in [4.69, 9.17) is 0 Å². The van der Waals surface area contributed by atoms with Gasteiger partial charge in [0.05, 0.1) is 0 Å². The number of rotatable bonds is 5. The minimum atomic E-state index is -1.39. The molecule has 1 atom stereocenters. The fraction of sp³-hybridized carbons (Fsp3) is 0.733. The summed E-state index contributed by atoms with van der Waals surface area (Å²) in [5.41, 5.74) is 7.05. The number of hydrogen-bond donors (Lipinski definition) is 1. The van der Waals surface area contributed by atoms with Crippen molar-refractivity contribution < 1.29 is 0 Å². The van der Waals surface area contributed by atoms with Gasteiger partial charge in [-0.1, -0.05) is 31.5 Å². The van der Waals surface area contributed by atoms with Crippen LogP contribution in [0.2, 0.25) is 18.1 Å². The van der Waals surface area contributed by atoms with E-state index in [1.807, 2.05) is 0 Å². The number of allylic oxidation sites excluding steroid dienone is 4. The first kappa shape index (κ1) is 14.7. The van der Waals surface area contributed by atoms with Gasteiger partial charge in [-0.15, -0.1) is 0 Å². The highest BCUT2D eigenvalue weighted by atomic mass is 28.3. The van der Waals surface area contributed by atoms with Gasteiger partial charge in [-0.25, -0.2) is 0 Å². The van der Waals surface area contributed by atoms with Crippen molar-refractivity contribution in [2.24, 2.45) is 0 Å². The molecule has 0 radical (unpaired) electrons. The van der Waals surface area contributed by atoms with Gasteiger partial charge in [0.15, 0.2) is 0 Å². The van der Waals surface area contributed by atoms with E-state index in [9.17, 15) is 0 Å². The minimum Gasteiger partial charge on any atom is -0.337 e. The van der Waals surface area contributed by atoms with Gasteiger partial charge in [0, 0.05) is 5.54 Å². The molecule has 1 rings (SSSR count). The Morgan fingerprint density at radius 2 is 1.47 bits per heavy atom. The van der Waals surface area contributed by atoms with Gasteiger partial charge in [0.1, 0.15) is 8.24 Å². The second-order valence-corrected chi connectivity index (χ2v) is 10.2. The van der Waals surface area contributed by atoms with Crippen molar-refractivity contribution in [2.75, 3.05) is 6.54 Å². The lowest BCUT2D eigenvalue weighted by molar-refractivity contribution is 0.809. The highest BCUT2D eigenvalue weighted by Crippen LogP contribution is 2.46. The topological polar surface area (TPSA) is 12.0 Å². The van der Waals surface area contributed by atoms with Gasteiger partial charge in [0.25, 0.3) is 0 Å². The fourth-order valence-electron chi connectivity index (χ4n) is 3.15. The Kier molecular flexibility index (Phi) is 4.79. The van der Waals surface area contributed by atoms with Crippen LogP contribution in [-0.2, 0) is 0 Å². The van der Waals surface area contributed by atoms with Crippen LogP contribution >= 0.6 is 0 Å². The predicted molar refractivity (Wildman–Crippen MR) is 80.9 cm³/mol. The Morgan fingerprint density at radius 3 is 1.82 bits per heavy atom. The lowest BCUT2D eigenvalue weighted by Gasteiger charge is -2.36. The summed E-state index contributed by atoms with van der Waals surface area (Å²) in [4.78, 5) is 3.91. The normalized spacial score (nSPS) is 21.4. The molecule has 1 unspecified atom stereocenters. The van der Waals surface area contributed by atoms with Crippen molar-refractivity contribution in [3.05, 3.63) is 22.3 Å². The van der Waals surface area contributed by atoms with Gasteiger partial charge in [-0.05, 0) is 57.9 Å². The lowest BCUT2D eigenvalue weighted by atomic mass is 10.1. The average molecular weight is 251 g/mol. The zero-order valence-corrected chi connectivity index (χ0v) is 13.7. The van der Waals surface area contributed by atoms with E-state index in [-0.39, 0.29) is 0 Å². The second-order valence-electron chi connectivity index (χ2n) is 5.75. The van der Waals surface area contributed by atoms with E-state index in [2.05, 4.69) is 53.1 Å². The Hall–Kier alpha value is -0.343. The third-order valence-electron chi connectivity index (χ3n) is 4.76. The summed E-state index contributed by atoms with van der Waals surface area (Å²) in [7, 11) is -1.39. The molecule has 1 N–H and O–H groups in total. The molecule has 0 aromatic carbocycles. The van der Waals surface area contributed by atoms with Gasteiger partial charge < -0.3 is 4.98 Å². The van der Waals surface area contributed by atoms with Crippen molar-refractivity contribution in [1.29, 1.82) is 0 Å². The Bertz CT molecular complexity index is 330. The number of nitrogens with one attached hydrogen (secondary N) is 1. The third-order valence-corrected chi connectivity index (χ3v) is 9.43. The first-order valence-electron chi connectivity index (χ1n) is 6.99. The zero-order valence-electron chi connectivity index (χ0n) is 12.7. The molecule has 0 amide bonds. The van der Waals surface area contributed by atoms with Crippen LogP contribution < -0.4 is 4.98 Å². The molecule has 1 nitrogen and oxygen atoms in total. The molecule has 17 heavy (non-hydrogen) atoms. The van der Waals surface area contributed by atoms with Crippen molar-refractivity contribution in [3.63, 3.8) is 0 Å². The number of hydrogen-bond acceptors (Lipinski definition) is 1. The molecule has 2 heteroatoms. The van der Waals surface area contributed by atoms with Crippen LogP contribution in [-0.4, -0.2) is 14.8 Å². The molecule has 98 valence electrons. The van der Waals surface area contributed by atoms with E-state index in [0.717, 1.165) is 5.54 Å². The molecule has 0 fully saturated rings. The molecule has 1 aliphatic rings. The van der Waals surface area contributed by atoms with Crippen LogP contribution in [0.4, 0.5) is 0 Å². The molecule has 0 saturated carbocycles. The molecular formula is C15H29NSi. The quantitative estimate of drug-likeness (QED) is 0.702. The molecule has 0 aromatic rings. The molecule has 0 saturated heterocycles. The largest absolute Gasteiger partial charge is 0.337 e. The zero-order chi connectivity index (χ0) is 13.2. The van der Waals surface area contributed by atoms with Crippen LogP contribution in [0.5, 0.6) is 0 Å². The second kappa shape index (κ2) is 5.53. The maximum absolute atomic E-state index is 3.91. The molecule has 0 bridgehead atoms. The van der Waals surface area contributed by atoms with E-state index in [0.29, 0.717) is 0 Å². The first-order chi connectivity index (χ1) is 7.89. The van der Waals surface area contributed by atoms with Crippen molar-refractivity contribution in [3.8, 4) is 0 Å². The first-order valence-corrected chi connectivity index (χ1v) is 9.77. The summed E-state index contributed by atoms with van der Waals surface area (Å²) < 4.78 is 0. The Morgan fingerprint density at radius 1 is 1.00 bits per heavy atom. The van der Waals surface area contributed by atoms with Crippen LogP contribution in [0, 0.1) is 0 Å². The third kappa shape index (κ3) is 2.58. The lowest BCUT2D eigenvalue weighted by Crippen LogP contribution is -2.51. The smallest absolute Gasteiger partial charge is 0.133 e. The van der Waals surface area contributed by atoms with E-state index < -0.39 is 8.24 Å².